The van der Waals surface area contributed by atoms with Crippen LogP contribution in [0.5, 0.6) is 0 Å². The number of carbonyl (C=O) groups is 1. The molecule has 0 spiro atoms. The van der Waals surface area contributed by atoms with Crippen LogP contribution in [0.4, 0.5) is 15.1 Å². The number of benzene rings is 1. The highest BCUT2D eigenvalue weighted by molar-refractivity contribution is 8.17. The Kier molecular flexibility index (Phi) is 7.55. The summed E-state index contributed by atoms with van der Waals surface area (Å²) >= 11 is 0.965. The Morgan fingerprint density at radius 1 is 1.14 bits per heavy atom. The van der Waals surface area contributed by atoms with Crippen molar-refractivity contribution in [3.8, 4) is 11.1 Å². The van der Waals surface area contributed by atoms with E-state index in [1.165, 1.54) is 6.07 Å². The lowest BCUT2D eigenvalue weighted by Crippen LogP contribution is -2.37. The molecule has 5 rings (SSSR count). The standard InChI is InChI=1S/C26H27FN6O2S/c27-18-4-3-17(22(12-18)16-2-1-10-28-14-16)15-30-19-5-7-20(8-6-19)31-25-29-11-9-21(32-25)13-23-24(34)33-26(35)36-23/h1-4,9-14,19-20,24,30,34H,5-8,15H2,(H,33,35)(H,29,31,32)/b23-13-. The number of amides is 1. The van der Waals surface area contributed by atoms with Crippen LogP contribution in [0.25, 0.3) is 17.2 Å². The molecule has 3 aromatic rings. The van der Waals surface area contributed by atoms with Gasteiger partial charge in [0.2, 0.25) is 5.95 Å². The lowest BCUT2D eigenvalue weighted by Gasteiger charge is -2.30. The third-order valence-electron chi connectivity index (χ3n) is 6.39. The van der Waals surface area contributed by atoms with Gasteiger partial charge in [-0.25, -0.2) is 14.4 Å². The summed E-state index contributed by atoms with van der Waals surface area (Å²) in [5, 5.41) is 19.1. The molecule has 1 saturated carbocycles. The Balaban J connectivity index is 1.14. The Labute approximate surface area is 212 Å². The second-order valence-corrected chi connectivity index (χ2v) is 9.95. The Morgan fingerprint density at radius 3 is 2.72 bits per heavy atom. The number of hydrogen-bond acceptors (Lipinski definition) is 8. The van der Waals surface area contributed by atoms with Crippen molar-refractivity contribution in [3.63, 3.8) is 0 Å². The molecule has 1 aliphatic carbocycles. The number of rotatable bonds is 7. The molecular weight excluding hydrogens is 479 g/mol. The molecule has 1 saturated heterocycles. The molecule has 1 atom stereocenters. The average molecular weight is 507 g/mol. The van der Waals surface area contributed by atoms with Crippen LogP contribution in [-0.4, -0.2) is 43.6 Å². The van der Waals surface area contributed by atoms with Crippen LogP contribution in [-0.2, 0) is 6.54 Å². The quantitative estimate of drug-likeness (QED) is 0.375. The molecule has 1 unspecified atom stereocenters. The highest BCUT2D eigenvalue weighted by Gasteiger charge is 2.26. The van der Waals surface area contributed by atoms with Gasteiger partial charge in [-0.1, -0.05) is 12.1 Å². The van der Waals surface area contributed by atoms with E-state index < -0.39 is 6.23 Å². The highest BCUT2D eigenvalue weighted by Crippen LogP contribution is 2.29. The van der Waals surface area contributed by atoms with Crippen molar-refractivity contribution in [1.29, 1.82) is 0 Å². The molecule has 3 heterocycles. The van der Waals surface area contributed by atoms with Gasteiger partial charge in [0.15, 0.2) is 6.23 Å². The second-order valence-electron chi connectivity index (χ2n) is 8.91. The van der Waals surface area contributed by atoms with Crippen LogP contribution < -0.4 is 16.0 Å². The predicted molar refractivity (Wildman–Crippen MR) is 138 cm³/mol. The molecule has 8 nitrogen and oxygen atoms in total. The Hall–Kier alpha value is -3.34. The number of carbonyl (C=O) groups excluding carboxylic acids is 1. The van der Waals surface area contributed by atoms with Crippen molar-refractivity contribution in [3.05, 3.63) is 77.0 Å². The van der Waals surface area contributed by atoms with Crippen molar-refractivity contribution >= 4 is 29.0 Å². The number of aliphatic hydroxyl groups is 1. The van der Waals surface area contributed by atoms with E-state index >= 15 is 0 Å². The van der Waals surface area contributed by atoms with Crippen molar-refractivity contribution in [2.45, 2.75) is 50.5 Å². The summed E-state index contributed by atoms with van der Waals surface area (Å²) in [5.74, 6) is 0.278. The fourth-order valence-corrected chi connectivity index (χ4v) is 5.26. The first-order valence-corrected chi connectivity index (χ1v) is 12.7. The van der Waals surface area contributed by atoms with Gasteiger partial charge >= 0.3 is 0 Å². The molecule has 4 N–H and O–H groups in total. The summed E-state index contributed by atoms with van der Waals surface area (Å²) in [5.41, 5.74) is 3.45. The Bertz CT molecular complexity index is 1250. The fraction of sp³-hybridized carbons (Fsp3) is 0.308. The van der Waals surface area contributed by atoms with E-state index in [-0.39, 0.29) is 17.1 Å². The molecule has 0 radical (unpaired) electrons. The maximum absolute atomic E-state index is 13.9. The fourth-order valence-electron chi connectivity index (χ4n) is 4.52. The molecule has 2 aromatic heterocycles. The van der Waals surface area contributed by atoms with Gasteiger partial charge in [-0.05, 0) is 78.9 Å². The van der Waals surface area contributed by atoms with Gasteiger partial charge in [0.05, 0.1) is 5.69 Å². The summed E-state index contributed by atoms with van der Waals surface area (Å²) in [4.78, 5) is 24.9. The van der Waals surface area contributed by atoms with Gasteiger partial charge in [-0.15, -0.1) is 0 Å². The van der Waals surface area contributed by atoms with Gasteiger partial charge in [-0.2, -0.15) is 0 Å². The van der Waals surface area contributed by atoms with Gasteiger partial charge < -0.3 is 21.1 Å². The van der Waals surface area contributed by atoms with Crippen LogP contribution >= 0.6 is 11.8 Å². The number of hydrogen-bond donors (Lipinski definition) is 4. The maximum Gasteiger partial charge on any atom is 0.285 e. The summed E-state index contributed by atoms with van der Waals surface area (Å²) in [6.07, 6.45) is 9.78. The summed E-state index contributed by atoms with van der Waals surface area (Å²) in [6, 6.07) is 11.1. The van der Waals surface area contributed by atoms with Crippen molar-refractivity contribution in [2.75, 3.05) is 5.32 Å². The number of aliphatic hydroxyl groups excluding tert-OH is 1. The van der Waals surface area contributed by atoms with Gasteiger partial charge in [-0.3, -0.25) is 9.78 Å². The number of nitrogens with zero attached hydrogens (tertiary/aromatic N) is 3. The first-order chi connectivity index (χ1) is 17.5. The van der Waals surface area contributed by atoms with Crippen molar-refractivity contribution in [1.82, 2.24) is 25.6 Å². The van der Waals surface area contributed by atoms with Crippen LogP contribution in [0.15, 0.2) is 59.9 Å². The molecule has 10 heteroatoms. The summed E-state index contributed by atoms with van der Waals surface area (Å²) in [6.45, 7) is 0.661. The van der Waals surface area contributed by atoms with Crippen LogP contribution in [0.2, 0.25) is 0 Å². The van der Waals surface area contributed by atoms with E-state index in [1.807, 2.05) is 18.2 Å². The zero-order valence-electron chi connectivity index (χ0n) is 19.5. The monoisotopic (exact) mass is 506 g/mol. The SMILES string of the molecule is O=C1NC(O)/C(=C/c2ccnc(NC3CCC(NCc4ccc(F)cc4-c4cccnc4)CC3)n2)S1. The maximum atomic E-state index is 13.9. The van der Waals surface area contributed by atoms with Crippen LogP contribution in [0.1, 0.15) is 36.9 Å². The number of halogens is 1. The van der Waals surface area contributed by atoms with E-state index in [0.29, 0.717) is 29.1 Å². The molecular formula is C26H27FN6O2S. The summed E-state index contributed by atoms with van der Waals surface area (Å²) in [7, 11) is 0. The first kappa shape index (κ1) is 24.4. The molecule has 2 aliphatic rings. The van der Waals surface area contributed by atoms with Crippen LogP contribution in [0, 0.1) is 5.82 Å². The molecule has 1 aromatic carbocycles. The molecule has 36 heavy (non-hydrogen) atoms. The average Bonchev–Trinajstić information content (AvgIpc) is 3.21. The predicted octanol–water partition coefficient (Wildman–Crippen LogP) is 4.31. The zero-order chi connectivity index (χ0) is 24.9. The smallest absolute Gasteiger partial charge is 0.285 e. The first-order valence-electron chi connectivity index (χ1n) is 11.9. The molecule has 0 bridgehead atoms. The lowest BCUT2D eigenvalue weighted by molar-refractivity contribution is 0.192. The minimum absolute atomic E-state index is 0.255. The number of nitrogens with one attached hydrogen (secondary N) is 3. The molecule has 2 fully saturated rings. The van der Waals surface area contributed by atoms with Gasteiger partial charge in [0.1, 0.15) is 5.82 Å². The van der Waals surface area contributed by atoms with Gasteiger partial charge in [0.25, 0.3) is 5.24 Å². The van der Waals surface area contributed by atoms with E-state index in [4.69, 9.17) is 0 Å². The van der Waals surface area contributed by atoms with Crippen molar-refractivity contribution < 1.29 is 14.3 Å². The highest BCUT2D eigenvalue weighted by atomic mass is 32.2. The largest absolute Gasteiger partial charge is 0.369 e. The van der Waals surface area contributed by atoms with Crippen molar-refractivity contribution in [2.24, 2.45) is 0 Å². The Morgan fingerprint density at radius 2 is 1.97 bits per heavy atom. The lowest BCUT2D eigenvalue weighted by atomic mass is 9.91. The zero-order valence-corrected chi connectivity index (χ0v) is 20.3. The molecule has 186 valence electrons. The number of aromatic nitrogens is 3. The number of anilines is 1. The number of pyridine rings is 1. The third-order valence-corrected chi connectivity index (χ3v) is 7.27. The minimum atomic E-state index is -0.994. The molecule has 1 aliphatic heterocycles. The summed E-state index contributed by atoms with van der Waals surface area (Å²) < 4.78 is 13.9. The van der Waals surface area contributed by atoms with E-state index in [9.17, 15) is 14.3 Å². The molecule has 1 amide bonds. The van der Waals surface area contributed by atoms with Crippen LogP contribution in [0.3, 0.4) is 0 Å². The van der Waals surface area contributed by atoms with E-state index in [2.05, 4.69) is 30.9 Å². The topological polar surface area (TPSA) is 112 Å². The van der Waals surface area contributed by atoms with E-state index in [0.717, 1.165) is 54.1 Å². The minimum Gasteiger partial charge on any atom is -0.369 e. The number of thioether (sulfide) groups is 1. The normalized spacial score (nSPS) is 23.0. The third kappa shape index (κ3) is 6.07. The second kappa shape index (κ2) is 11.2. The van der Waals surface area contributed by atoms with E-state index in [1.54, 1.807) is 36.8 Å². The van der Waals surface area contributed by atoms with Gasteiger partial charge in [0, 0.05) is 47.7 Å².